The van der Waals surface area contributed by atoms with E-state index in [0.717, 1.165) is 25.5 Å². The average Bonchev–Trinajstić information content (AvgIpc) is 2.64. The number of hydrogen-bond donors (Lipinski definition) is 0. The molecule has 0 saturated heterocycles. The summed E-state index contributed by atoms with van der Waals surface area (Å²) in [7, 11) is 0. The Kier molecular flexibility index (Phi) is 2.60. The molecule has 2 aliphatic rings. The molecule has 0 N–H and O–H groups in total. The summed E-state index contributed by atoms with van der Waals surface area (Å²) in [6.07, 6.45) is 7.64. The normalized spacial score (nSPS) is 25.6. The third kappa shape index (κ3) is 1.68. The molecule has 0 heterocycles. The second-order valence-corrected chi connectivity index (χ2v) is 4.15. The van der Waals surface area contributed by atoms with Gasteiger partial charge < -0.3 is 5.53 Å². The van der Waals surface area contributed by atoms with E-state index in [1.165, 1.54) is 24.8 Å². The van der Waals surface area contributed by atoms with Gasteiger partial charge in [-0.25, -0.2) is 0 Å². The van der Waals surface area contributed by atoms with E-state index in [1.807, 2.05) is 0 Å². The van der Waals surface area contributed by atoms with Gasteiger partial charge in [-0.1, -0.05) is 11.1 Å². The second kappa shape index (κ2) is 3.89. The number of nitrogens with zero attached hydrogens (tertiary/aromatic N) is 2. The molecule has 3 heteroatoms. The van der Waals surface area contributed by atoms with Gasteiger partial charge in [0.15, 0.2) is 0 Å². The van der Waals surface area contributed by atoms with Gasteiger partial charge in [-0.3, -0.25) is 4.79 Å². The highest BCUT2D eigenvalue weighted by Gasteiger charge is 2.28. The Labute approximate surface area is 83.4 Å². The Hall–Kier alpha value is -1.21. The summed E-state index contributed by atoms with van der Waals surface area (Å²) in [4.78, 5) is 14.3. The summed E-state index contributed by atoms with van der Waals surface area (Å²) in [6, 6.07) is 0. The van der Waals surface area contributed by atoms with E-state index < -0.39 is 0 Å². The molecule has 1 unspecified atom stereocenters. The first-order valence-electron chi connectivity index (χ1n) is 5.22. The summed E-state index contributed by atoms with van der Waals surface area (Å²) in [5.41, 5.74) is 11.4. The molecule has 0 fully saturated rings. The van der Waals surface area contributed by atoms with Crippen molar-refractivity contribution in [3.8, 4) is 0 Å². The lowest BCUT2D eigenvalue weighted by atomic mass is 9.83. The minimum Gasteiger partial charge on any atom is -0.361 e. The van der Waals surface area contributed by atoms with Crippen LogP contribution in [0.15, 0.2) is 11.1 Å². The smallest absolute Gasteiger partial charge is 0.323 e. The van der Waals surface area contributed by atoms with Crippen LogP contribution in [0.25, 0.3) is 5.53 Å². The molecular weight excluding hydrogens is 176 g/mol. The number of allylic oxidation sites excluding steroid dienone is 2. The first-order chi connectivity index (χ1) is 6.81. The van der Waals surface area contributed by atoms with E-state index >= 15 is 0 Å². The molecule has 1 atom stereocenters. The summed E-state index contributed by atoms with van der Waals surface area (Å²) in [5.74, 6) is 0.0497. The van der Waals surface area contributed by atoms with Gasteiger partial charge in [0.25, 0.3) is 0 Å². The zero-order chi connectivity index (χ0) is 9.97. The Morgan fingerprint density at radius 2 is 2.14 bits per heavy atom. The molecule has 0 amide bonds. The summed E-state index contributed by atoms with van der Waals surface area (Å²) in [6.45, 7) is 0. The predicted molar refractivity (Wildman–Crippen MR) is 52.9 cm³/mol. The van der Waals surface area contributed by atoms with Crippen LogP contribution < -0.4 is 0 Å². The van der Waals surface area contributed by atoms with E-state index in [1.54, 1.807) is 5.57 Å². The van der Waals surface area contributed by atoms with Gasteiger partial charge in [0, 0.05) is 5.92 Å². The van der Waals surface area contributed by atoms with Crippen LogP contribution in [0.4, 0.5) is 0 Å². The molecular formula is C11H14N2O. The Morgan fingerprint density at radius 3 is 2.93 bits per heavy atom. The quantitative estimate of drug-likeness (QED) is 0.285. The molecule has 3 nitrogen and oxygen atoms in total. The molecule has 2 aliphatic carbocycles. The van der Waals surface area contributed by atoms with Gasteiger partial charge >= 0.3 is 6.21 Å². The monoisotopic (exact) mass is 190 g/mol. The highest BCUT2D eigenvalue weighted by Crippen LogP contribution is 2.39. The van der Waals surface area contributed by atoms with Crippen molar-refractivity contribution in [2.24, 2.45) is 5.92 Å². The number of carbonyl (C=O) groups excluding carboxylic acids is 1. The standard InChI is InChI=1S/C11H14N2O/c12-13-7-11(14)10-5-4-8-2-1-3-9(8)6-10/h7,10H,1-6H2. The largest absolute Gasteiger partial charge is 0.361 e. The predicted octanol–water partition coefficient (Wildman–Crippen LogP) is 2.14. The van der Waals surface area contributed by atoms with Crippen LogP contribution in [0, 0.1) is 5.92 Å². The molecule has 14 heavy (non-hydrogen) atoms. The summed E-state index contributed by atoms with van der Waals surface area (Å²) < 4.78 is 0. The average molecular weight is 190 g/mol. The van der Waals surface area contributed by atoms with Gasteiger partial charge in [0.2, 0.25) is 5.78 Å². The van der Waals surface area contributed by atoms with E-state index in [-0.39, 0.29) is 11.7 Å². The molecule has 0 spiro atoms. The lowest BCUT2D eigenvalue weighted by molar-refractivity contribution is -0.119. The molecule has 0 saturated carbocycles. The number of Topliss-reactive ketones (excluding diaryl/α,β-unsaturated/α-hetero) is 1. The van der Waals surface area contributed by atoms with Crippen LogP contribution in [-0.2, 0) is 4.79 Å². The minimum atomic E-state index is -0.0223. The summed E-state index contributed by atoms with van der Waals surface area (Å²) >= 11 is 0. The number of carbonyl (C=O) groups is 1. The fourth-order valence-corrected chi connectivity index (χ4v) is 2.57. The van der Waals surface area contributed by atoms with Crippen molar-refractivity contribution >= 4 is 12.0 Å². The number of hydrogen-bond acceptors (Lipinski definition) is 1. The lowest BCUT2D eigenvalue weighted by Gasteiger charge is -2.20. The van der Waals surface area contributed by atoms with E-state index in [9.17, 15) is 4.79 Å². The Bertz CT molecular complexity index is 337. The fraction of sp³-hybridized carbons (Fsp3) is 0.636. The molecule has 0 bridgehead atoms. The van der Waals surface area contributed by atoms with Crippen molar-refractivity contribution in [1.82, 2.24) is 0 Å². The van der Waals surface area contributed by atoms with Crippen LogP contribution in [-0.4, -0.2) is 16.8 Å². The van der Waals surface area contributed by atoms with Gasteiger partial charge in [-0.2, -0.15) is 4.79 Å². The van der Waals surface area contributed by atoms with Crippen molar-refractivity contribution in [3.05, 3.63) is 16.7 Å². The molecule has 0 aliphatic heterocycles. The van der Waals surface area contributed by atoms with Crippen molar-refractivity contribution in [1.29, 1.82) is 0 Å². The highest BCUT2D eigenvalue weighted by atomic mass is 16.1. The second-order valence-electron chi connectivity index (χ2n) is 4.15. The van der Waals surface area contributed by atoms with Crippen molar-refractivity contribution in [2.45, 2.75) is 38.5 Å². The molecule has 0 radical (unpaired) electrons. The molecule has 0 aromatic rings. The van der Waals surface area contributed by atoms with E-state index in [4.69, 9.17) is 5.53 Å². The molecule has 0 aromatic carbocycles. The van der Waals surface area contributed by atoms with E-state index in [2.05, 4.69) is 4.79 Å². The number of ketones is 1. The van der Waals surface area contributed by atoms with Crippen LogP contribution in [0.1, 0.15) is 38.5 Å². The van der Waals surface area contributed by atoms with Gasteiger partial charge in [0.1, 0.15) is 0 Å². The maximum atomic E-state index is 11.5. The first kappa shape index (κ1) is 9.35. The van der Waals surface area contributed by atoms with Crippen molar-refractivity contribution in [3.63, 3.8) is 0 Å². The third-order valence-corrected chi connectivity index (χ3v) is 3.33. The maximum Gasteiger partial charge on any atom is 0.323 e. The van der Waals surface area contributed by atoms with Gasteiger partial charge in [-0.05, 0) is 38.5 Å². The fourth-order valence-electron chi connectivity index (χ4n) is 2.57. The summed E-state index contributed by atoms with van der Waals surface area (Å²) in [5, 5.41) is 0. The van der Waals surface area contributed by atoms with Crippen molar-refractivity contribution < 1.29 is 9.58 Å². The van der Waals surface area contributed by atoms with Crippen LogP contribution >= 0.6 is 0 Å². The number of rotatable bonds is 2. The van der Waals surface area contributed by atoms with Crippen molar-refractivity contribution in [2.75, 3.05) is 0 Å². The van der Waals surface area contributed by atoms with Crippen LogP contribution in [0.5, 0.6) is 0 Å². The van der Waals surface area contributed by atoms with E-state index in [0.29, 0.717) is 0 Å². The minimum absolute atomic E-state index is 0.0223. The SMILES string of the molecule is [N-]=[N+]=CC(=O)C1CCC2=C(CCC2)C1. The van der Waals surface area contributed by atoms with Gasteiger partial charge in [0.05, 0.1) is 0 Å². The van der Waals surface area contributed by atoms with Crippen LogP contribution in [0.3, 0.4) is 0 Å². The first-order valence-corrected chi connectivity index (χ1v) is 5.22. The Morgan fingerprint density at radius 1 is 1.36 bits per heavy atom. The zero-order valence-electron chi connectivity index (χ0n) is 8.20. The van der Waals surface area contributed by atoms with Crippen LogP contribution in [0.2, 0.25) is 0 Å². The molecule has 2 rings (SSSR count). The molecule has 74 valence electrons. The van der Waals surface area contributed by atoms with Gasteiger partial charge in [-0.15, -0.1) is 0 Å². The maximum absolute atomic E-state index is 11.5. The zero-order valence-corrected chi connectivity index (χ0v) is 8.20. The Balaban J connectivity index is 2.06. The topological polar surface area (TPSA) is 53.5 Å². The third-order valence-electron chi connectivity index (χ3n) is 3.33. The highest BCUT2D eigenvalue weighted by molar-refractivity contribution is 6.26. The lowest BCUT2D eigenvalue weighted by Crippen LogP contribution is -2.19. The molecule has 0 aromatic heterocycles.